The van der Waals surface area contributed by atoms with Crippen LogP contribution < -0.4 is 5.32 Å². The predicted octanol–water partition coefficient (Wildman–Crippen LogP) is 1.27. The standard InChI is InChI=1S/C9H14N2O2S/c1-3-8-11-7(5-14-8)4-10-6(2)9(12)13/h5-6,10H,3-4H2,1-2H3,(H,12,13)/t6-/m0/s1. The number of nitrogens with zero attached hydrogens (tertiary/aromatic N) is 1. The number of hydrogen-bond donors (Lipinski definition) is 2. The Balaban J connectivity index is 2.41. The van der Waals surface area contributed by atoms with Crippen LogP contribution in [0.5, 0.6) is 0 Å². The fourth-order valence-corrected chi connectivity index (χ4v) is 1.68. The minimum Gasteiger partial charge on any atom is -0.480 e. The molecular formula is C9H14N2O2S. The van der Waals surface area contributed by atoms with Gasteiger partial charge in [0.15, 0.2) is 0 Å². The van der Waals surface area contributed by atoms with Crippen LogP contribution in [-0.2, 0) is 17.8 Å². The summed E-state index contributed by atoms with van der Waals surface area (Å²) >= 11 is 1.61. The summed E-state index contributed by atoms with van der Waals surface area (Å²) in [6, 6.07) is -0.526. The summed E-state index contributed by atoms with van der Waals surface area (Å²) in [5.41, 5.74) is 0.917. The summed E-state index contributed by atoms with van der Waals surface area (Å²) < 4.78 is 0. The Hall–Kier alpha value is -0.940. The zero-order chi connectivity index (χ0) is 10.6. The molecule has 14 heavy (non-hydrogen) atoms. The largest absolute Gasteiger partial charge is 0.480 e. The van der Waals surface area contributed by atoms with Crippen LogP contribution in [0.1, 0.15) is 24.5 Å². The van der Waals surface area contributed by atoms with Crippen LogP contribution in [0.15, 0.2) is 5.38 Å². The SMILES string of the molecule is CCc1nc(CN[C@@H](C)C(=O)O)cs1. The first-order valence-electron chi connectivity index (χ1n) is 4.53. The van der Waals surface area contributed by atoms with Gasteiger partial charge < -0.3 is 5.11 Å². The molecule has 0 unspecified atom stereocenters. The van der Waals surface area contributed by atoms with Gasteiger partial charge in [-0.3, -0.25) is 10.1 Å². The highest BCUT2D eigenvalue weighted by atomic mass is 32.1. The molecule has 4 nitrogen and oxygen atoms in total. The molecule has 78 valence electrons. The average molecular weight is 214 g/mol. The van der Waals surface area contributed by atoms with Crippen LogP contribution >= 0.6 is 11.3 Å². The number of aryl methyl sites for hydroxylation is 1. The molecule has 0 spiro atoms. The van der Waals surface area contributed by atoms with E-state index in [0.29, 0.717) is 6.54 Å². The zero-order valence-corrected chi connectivity index (χ0v) is 9.10. The molecular weight excluding hydrogens is 200 g/mol. The van der Waals surface area contributed by atoms with Crippen LogP contribution in [0.3, 0.4) is 0 Å². The van der Waals surface area contributed by atoms with E-state index in [1.165, 1.54) is 0 Å². The number of aliphatic carboxylic acids is 1. The summed E-state index contributed by atoms with van der Waals surface area (Å²) in [5, 5.41) is 14.6. The molecule has 0 amide bonds. The lowest BCUT2D eigenvalue weighted by Crippen LogP contribution is -2.33. The summed E-state index contributed by atoms with van der Waals surface area (Å²) in [6.07, 6.45) is 0.930. The fraction of sp³-hybridized carbons (Fsp3) is 0.556. The lowest BCUT2D eigenvalue weighted by molar-refractivity contribution is -0.139. The number of hydrogen-bond acceptors (Lipinski definition) is 4. The average Bonchev–Trinajstić information content (AvgIpc) is 2.61. The van der Waals surface area contributed by atoms with E-state index < -0.39 is 12.0 Å². The third-order valence-electron chi connectivity index (χ3n) is 1.86. The molecule has 1 aromatic rings. The third-order valence-corrected chi connectivity index (χ3v) is 2.90. The van der Waals surface area contributed by atoms with E-state index >= 15 is 0 Å². The lowest BCUT2D eigenvalue weighted by atomic mass is 10.3. The minimum atomic E-state index is -0.837. The fourth-order valence-electron chi connectivity index (χ4n) is 0.937. The Morgan fingerprint density at radius 1 is 1.79 bits per heavy atom. The van der Waals surface area contributed by atoms with Gasteiger partial charge in [-0.15, -0.1) is 11.3 Å². The molecule has 5 heteroatoms. The Kier molecular flexibility index (Phi) is 4.03. The maximum Gasteiger partial charge on any atom is 0.320 e. The van der Waals surface area contributed by atoms with E-state index in [9.17, 15) is 4.79 Å². The number of rotatable bonds is 5. The number of thiazole rings is 1. The summed E-state index contributed by atoms with van der Waals surface area (Å²) in [6.45, 7) is 4.19. The molecule has 0 aliphatic carbocycles. The van der Waals surface area contributed by atoms with E-state index in [2.05, 4.69) is 17.2 Å². The van der Waals surface area contributed by atoms with Crippen molar-refractivity contribution < 1.29 is 9.90 Å². The number of carboxylic acid groups (broad SMARTS) is 1. The second-order valence-electron chi connectivity index (χ2n) is 3.03. The predicted molar refractivity (Wildman–Crippen MR) is 55.4 cm³/mol. The van der Waals surface area contributed by atoms with Crippen molar-refractivity contribution in [2.24, 2.45) is 0 Å². The van der Waals surface area contributed by atoms with Crippen molar-refractivity contribution in [1.29, 1.82) is 0 Å². The van der Waals surface area contributed by atoms with E-state index in [0.717, 1.165) is 17.1 Å². The molecule has 0 saturated heterocycles. The highest BCUT2D eigenvalue weighted by molar-refractivity contribution is 7.09. The van der Waals surface area contributed by atoms with Crippen molar-refractivity contribution in [2.45, 2.75) is 32.9 Å². The molecule has 1 heterocycles. The van der Waals surface area contributed by atoms with Crippen LogP contribution in [0.2, 0.25) is 0 Å². The van der Waals surface area contributed by atoms with Gasteiger partial charge in [0.05, 0.1) is 10.7 Å². The van der Waals surface area contributed by atoms with Crippen LogP contribution in [0, 0.1) is 0 Å². The number of nitrogens with one attached hydrogen (secondary N) is 1. The van der Waals surface area contributed by atoms with Gasteiger partial charge in [-0.05, 0) is 13.3 Å². The van der Waals surface area contributed by atoms with Gasteiger partial charge in [-0.1, -0.05) is 6.92 Å². The maximum atomic E-state index is 10.5. The van der Waals surface area contributed by atoms with Gasteiger partial charge in [0.2, 0.25) is 0 Å². The molecule has 1 aromatic heterocycles. The Labute approximate surface area is 87.0 Å². The van der Waals surface area contributed by atoms with E-state index in [1.807, 2.05) is 5.38 Å². The molecule has 0 saturated carbocycles. The highest BCUT2D eigenvalue weighted by Gasteiger charge is 2.10. The van der Waals surface area contributed by atoms with Gasteiger partial charge in [0.1, 0.15) is 6.04 Å². The number of aromatic nitrogens is 1. The Morgan fingerprint density at radius 2 is 2.50 bits per heavy atom. The number of carboxylic acids is 1. The monoisotopic (exact) mass is 214 g/mol. The molecule has 0 aliphatic heterocycles. The minimum absolute atomic E-state index is 0.518. The smallest absolute Gasteiger partial charge is 0.320 e. The molecule has 1 rings (SSSR count). The summed E-state index contributed by atoms with van der Waals surface area (Å²) in [4.78, 5) is 14.8. The summed E-state index contributed by atoms with van der Waals surface area (Å²) in [5.74, 6) is -0.837. The normalized spacial score (nSPS) is 12.7. The van der Waals surface area contributed by atoms with Crippen molar-refractivity contribution in [3.05, 3.63) is 16.1 Å². The molecule has 0 bridgehead atoms. The molecule has 0 fully saturated rings. The molecule has 0 radical (unpaired) electrons. The Bertz CT molecular complexity index is 312. The molecule has 0 aliphatic rings. The van der Waals surface area contributed by atoms with Crippen molar-refractivity contribution in [1.82, 2.24) is 10.3 Å². The first-order chi connectivity index (χ1) is 6.63. The molecule has 0 aromatic carbocycles. The van der Waals surface area contributed by atoms with Crippen LogP contribution in [-0.4, -0.2) is 22.1 Å². The second kappa shape index (κ2) is 5.07. The van der Waals surface area contributed by atoms with Crippen LogP contribution in [0.25, 0.3) is 0 Å². The first-order valence-corrected chi connectivity index (χ1v) is 5.41. The van der Waals surface area contributed by atoms with Gasteiger partial charge in [0, 0.05) is 11.9 Å². The lowest BCUT2D eigenvalue weighted by Gasteiger charge is -2.06. The Morgan fingerprint density at radius 3 is 3.00 bits per heavy atom. The summed E-state index contributed by atoms with van der Waals surface area (Å²) in [7, 11) is 0. The zero-order valence-electron chi connectivity index (χ0n) is 8.28. The van der Waals surface area contributed by atoms with Gasteiger partial charge in [0.25, 0.3) is 0 Å². The van der Waals surface area contributed by atoms with Crippen molar-refractivity contribution in [3.8, 4) is 0 Å². The van der Waals surface area contributed by atoms with E-state index in [4.69, 9.17) is 5.11 Å². The van der Waals surface area contributed by atoms with Crippen molar-refractivity contribution >= 4 is 17.3 Å². The molecule has 1 atom stereocenters. The second-order valence-corrected chi connectivity index (χ2v) is 3.97. The van der Waals surface area contributed by atoms with E-state index in [1.54, 1.807) is 18.3 Å². The van der Waals surface area contributed by atoms with Gasteiger partial charge in [-0.2, -0.15) is 0 Å². The third kappa shape index (κ3) is 3.08. The topological polar surface area (TPSA) is 62.2 Å². The quantitative estimate of drug-likeness (QED) is 0.774. The molecule has 2 N–H and O–H groups in total. The highest BCUT2D eigenvalue weighted by Crippen LogP contribution is 2.09. The first kappa shape index (κ1) is 11.1. The van der Waals surface area contributed by atoms with Crippen LogP contribution in [0.4, 0.5) is 0 Å². The van der Waals surface area contributed by atoms with Crippen molar-refractivity contribution in [3.63, 3.8) is 0 Å². The van der Waals surface area contributed by atoms with Gasteiger partial charge >= 0.3 is 5.97 Å². The van der Waals surface area contributed by atoms with Crippen molar-refractivity contribution in [2.75, 3.05) is 0 Å². The van der Waals surface area contributed by atoms with E-state index in [-0.39, 0.29) is 0 Å². The maximum absolute atomic E-state index is 10.5. The van der Waals surface area contributed by atoms with Gasteiger partial charge in [-0.25, -0.2) is 4.98 Å². The number of carbonyl (C=O) groups is 1.